The summed E-state index contributed by atoms with van der Waals surface area (Å²) >= 11 is 0. The lowest BCUT2D eigenvalue weighted by atomic mass is 10.1. The molecule has 0 aliphatic rings. The Morgan fingerprint density at radius 3 is 2.79 bits per heavy atom. The number of hydrogen-bond donors (Lipinski definition) is 2. The van der Waals surface area contributed by atoms with Crippen LogP contribution in [0, 0.1) is 13.8 Å². The number of amides is 1. The second-order valence-electron chi connectivity index (χ2n) is 4.02. The maximum Gasteiger partial charge on any atom is 0.279 e. The molecule has 0 fully saturated rings. The highest BCUT2D eigenvalue weighted by Gasteiger charge is 2.17. The van der Waals surface area contributed by atoms with Crippen molar-refractivity contribution < 1.29 is 4.79 Å². The summed E-state index contributed by atoms with van der Waals surface area (Å²) in [4.78, 5) is 24.0. The smallest absolute Gasteiger partial charge is 0.279 e. The number of nitrogens with one attached hydrogen (secondary N) is 2. The summed E-state index contributed by atoms with van der Waals surface area (Å²) in [5.41, 5.74) is 0.840. The highest BCUT2D eigenvalue weighted by atomic mass is 16.2. The molecule has 100 valence electrons. The van der Waals surface area contributed by atoms with E-state index < -0.39 is 11.5 Å². The Morgan fingerprint density at radius 2 is 2.16 bits per heavy atom. The van der Waals surface area contributed by atoms with Crippen molar-refractivity contribution in [3.05, 3.63) is 33.0 Å². The summed E-state index contributed by atoms with van der Waals surface area (Å²) in [6.45, 7) is 3.52. The van der Waals surface area contributed by atoms with Crippen molar-refractivity contribution in [2.45, 2.75) is 20.4 Å². The Morgan fingerprint density at radius 1 is 1.42 bits per heavy atom. The van der Waals surface area contributed by atoms with Crippen LogP contribution in [0.3, 0.4) is 0 Å². The fraction of sp³-hybridized carbons (Fsp3) is 0.400. The molecule has 9 heteroatoms. The van der Waals surface area contributed by atoms with E-state index in [4.69, 9.17) is 0 Å². The van der Waals surface area contributed by atoms with Crippen LogP contribution in [0.2, 0.25) is 0 Å². The van der Waals surface area contributed by atoms with E-state index in [1.807, 2.05) is 0 Å². The van der Waals surface area contributed by atoms with E-state index in [0.29, 0.717) is 17.1 Å². The average Bonchev–Trinajstić information content (AvgIpc) is 2.87. The number of nitrogens with zero attached hydrogens (tertiary/aromatic N) is 5. The molecule has 19 heavy (non-hydrogen) atoms. The molecule has 0 bridgehead atoms. The lowest BCUT2D eigenvalue weighted by Gasteiger charge is -2.09. The van der Waals surface area contributed by atoms with Gasteiger partial charge in [0, 0.05) is 7.05 Å². The minimum atomic E-state index is -0.478. The second kappa shape index (κ2) is 4.96. The molecule has 0 aliphatic carbocycles. The third-order valence-corrected chi connectivity index (χ3v) is 2.75. The summed E-state index contributed by atoms with van der Waals surface area (Å²) in [5.74, 6) is -0.137. The fourth-order valence-corrected chi connectivity index (χ4v) is 1.62. The van der Waals surface area contributed by atoms with E-state index in [1.54, 1.807) is 13.8 Å². The molecule has 2 N–H and O–H groups in total. The van der Waals surface area contributed by atoms with Gasteiger partial charge in [-0.3, -0.25) is 9.59 Å². The van der Waals surface area contributed by atoms with Gasteiger partial charge in [0.05, 0.1) is 12.2 Å². The van der Waals surface area contributed by atoms with E-state index in [2.05, 4.69) is 31.0 Å². The number of rotatable bonds is 3. The molecule has 0 radical (unpaired) electrons. The van der Waals surface area contributed by atoms with Gasteiger partial charge >= 0.3 is 0 Å². The van der Waals surface area contributed by atoms with Crippen molar-refractivity contribution >= 4 is 5.91 Å². The van der Waals surface area contributed by atoms with Crippen LogP contribution in [0.4, 0.5) is 0 Å². The Bertz CT molecular complexity index is 659. The molecular weight excluding hydrogens is 250 g/mol. The van der Waals surface area contributed by atoms with Gasteiger partial charge in [0.1, 0.15) is 5.56 Å². The summed E-state index contributed by atoms with van der Waals surface area (Å²) < 4.78 is 1.14. The van der Waals surface area contributed by atoms with E-state index in [0.717, 1.165) is 4.68 Å². The molecule has 0 saturated carbocycles. The predicted molar refractivity (Wildman–Crippen MR) is 64.3 cm³/mol. The Balaban J connectivity index is 2.26. The number of aryl methyl sites for hydroxylation is 2. The van der Waals surface area contributed by atoms with Gasteiger partial charge in [-0.05, 0) is 19.4 Å². The van der Waals surface area contributed by atoms with Gasteiger partial charge in [0.25, 0.3) is 11.5 Å². The van der Waals surface area contributed by atoms with Crippen molar-refractivity contribution in [1.29, 1.82) is 0 Å². The zero-order valence-corrected chi connectivity index (χ0v) is 10.8. The Kier molecular flexibility index (Phi) is 3.36. The third-order valence-electron chi connectivity index (χ3n) is 2.75. The van der Waals surface area contributed by atoms with E-state index in [9.17, 15) is 9.59 Å². The van der Waals surface area contributed by atoms with Gasteiger partial charge in [0.2, 0.25) is 0 Å². The number of aromatic nitrogens is 6. The van der Waals surface area contributed by atoms with Gasteiger partial charge in [0.15, 0.2) is 5.82 Å². The average molecular weight is 263 g/mol. The lowest BCUT2D eigenvalue weighted by Crippen LogP contribution is -2.35. The molecule has 0 unspecified atom stereocenters. The first-order chi connectivity index (χ1) is 9.00. The van der Waals surface area contributed by atoms with Crippen molar-refractivity contribution in [3.63, 3.8) is 0 Å². The number of hydrogen-bond acceptors (Lipinski definition) is 6. The Hall–Kier alpha value is -2.58. The number of aromatic amines is 1. The maximum absolute atomic E-state index is 12.0. The highest BCUT2D eigenvalue weighted by Crippen LogP contribution is 2.05. The molecule has 2 rings (SSSR count). The molecular formula is C10H13N7O2. The summed E-state index contributed by atoms with van der Waals surface area (Å²) in [6.07, 6.45) is 0. The van der Waals surface area contributed by atoms with Crippen LogP contribution < -0.4 is 10.9 Å². The van der Waals surface area contributed by atoms with Gasteiger partial charge < -0.3 is 5.32 Å². The largest absolute Gasteiger partial charge is 0.344 e. The van der Waals surface area contributed by atoms with Crippen LogP contribution in [-0.2, 0) is 13.6 Å². The molecule has 2 aromatic rings. The van der Waals surface area contributed by atoms with Gasteiger partial charge in [-0.1, -0.05) is 5.21 Å². The predicted octanol–water partition coefficient (Wildman–Crippen LogP) is -1.16. The molecule has 2 aromatic heterocycles. The van der Waals surface area contributed by atoms with Crippen LogP contribution in [0.15, 0.2) is 4.79 Å². The quantitative estimate of drug-likeness (QED) is 0.721. The molecule has 1 amide bonds. The van der Waals surface area contributed by atoms with Crippen molar-refractivity contribution in [1.82, 2.24) is 35.7 Å². The van der Waals surface area contributed by atoms with Gasteiger partial charge in [-0.25, -0.2) is 4.68 Å². The summed E-state index contributed by atoms with van der Waals surface area (Å²) in [5, 5.41) is 19.6. The van der Waals surface area contributed by atoms with Crippen LogP contribution in [0.1, 0.15) is 27.4 Å². The maximum atomic E-state index is 12.0. The number of carbonyl (C=O) groups is 1. The second-order valence-corrected chi connectivity index (χ2v) is 4.02. The number of H-pyrrole nitrogens is 1. The minimum Gasteiger partial charge on any atom is -0.344 e. The first-order valence-electron chi connectivity index (χ1n) is 5.55. The van der Waals surface area contributed by atoms with Crippen LogP contribution in [0.25, 0.3) is 0 Å². The van der Waals surface area contributed by atoms with Gasteiger partial charge in [-0.2, -0.15) is 10.3 Å². The van der Waals surface area contributed by atoms with Gasteiger partial charge in [-0.15, -0.1) is 10.2 Å². The van der Waals surface area contributed by atoms with Crippen molar-refractivity contribution in [3.8, 4) is 0 Å². The zero-order chi connectivity index (χ0) is 14.0. The molecule has 9 nitrogen and oxygen atoms in total. The van der Waals surface area contributed by atoms with Crippen LogP contribution >= 0.6 is 0 Å². The van der Waals surface area contributed by atoms with E-state index >= 15 is 0 Å². The first-order valence-corrected chi connectivity index (χ1v) is 5.55. The van der Waals surface area contributed by atoms with E-state index in [1.165, 1.54) is 7.05 Å². The summed E-state index contributed by atoms with van der Waals surface area (Å²) in [6, 6.07) is 0. The zero-order valence-electron chi connectivity index (χ0n) is 10.8. The number of carbonyl (C=O) groups excluding carboxylic acids is 1. The fourth-order valence-electron chi connectivity index (χ4n) is 1.62. The molecule has 0 atom stereocenters. The highest BCUT2D eigenvalue weighted by molar-refractivity contribution is 5.95. The van der Waals surface area contributed by atoms with Crippen molar-refractivity contribution in [2.75, 3.05) is 0 Å². The van der Waals surface area contributed by atoms with Crippen LogP contribution in [0.5, 0.6) is 0 Å². The monoisotopic (exact) mass is 263 g/mol. The molecule has 0 aromatic carbocycles. The van der Waals surface area contributed by atoms with Crippen molar-refractivity contribution in [2.24, 2.45) is 7.05 Å². The number of tetrazole rings is 1. The third kappa shape index (κ3) is 2.49. The molecule has 0 saturated heterocycles. The van der Waals surface area contributed by atoms with Crippen LogP contribution in [-0.4, -0.2) is 36.3 Å². The normalized spacial score (nSPS) is 10.5. The lowest BCUT2D eigenvalue weighted by molar-refractivity contribution is 0.0946. The van der Waals surface area contributed by atoms with E-state index in [-0.39, 0.29) is 12.1 Å². The molecule has 0 spiro atoms. The molecule has 0 aliphatic heterocycles. The molecule has 2 heterocycles. The Labute approximate surface area is 108 Å². The topological polar surface area (TPSA) is 118 Å². The SMILES string of the molecule is Cc1nn(C)c(=O)c(C(=O)NCc2nn[nH]n2)c1C. The minimum absolute atomic E-state index is 0.0819. The first kappa shape index (κ1) is 12.9. The standard InChI is InChI=1S/C10H13N7O2/c1-5-6(2)14-17(3)10(19)8(5)9(18)11-4-7-12-15-16-13-7/h4H2,1-3H3,(H,11,18)(H,12,13,15,16). The summed E-state index contributed by atoms with van der Waals surface area (Å²) in [7, 11) is 1.50.